The third-order valence-electron chi connectivity index (χ3n) is 9.85. The van der Waals surface area contributed by atoms with Gasteiger partial charge in [0, 0.05) is 79.6 Å². The van der Waals surface area contributed by atoms with Crippen LogP contribution in [0.1, 0.15) is 55.4 Å². The molecule has 4 aliphatic heterocycles. The number of thiazole rings is 1. The van der Waals surface area contributed by atoms with Crippen LogP contribution in [0, 0.1) is 5.82 Å². The molecule has 5 heterocycles. The normalized spacial score (nSPS) is 18.1. The maximum atomic E-state index is 14.4. The van der Waals surface area contributed by atoms with Crippen LogP contribution in [0.2, 0.25) is 0 Å². The van der Waals surface area contributed by atoms with E-state index in [-0.39, 0.29) is 49.2 Å². The van der Waals surface area contributed by atoms with Gasteiger partial charge in [-0.2, -0.15) is 0 Å². The van der Waals surface area contributed by atoms with Crippen LogP contribution >= 0.6 is 11.3 Å². The third-order valence-corrected chi connectivity index (χ3v) is 10.5. The number of urea groups is 1. The molecular formula is C36H33FN8O6S. The number of aromatic hydroxyl groups is 1. The number of anilines is 2. The van der Waals surface area contributed by atoms with E-state index in [9.17, 15) is 33.5 Å². The van der Waals surface area contributed by atoms with Crippen LogP contribution in [0.3, 0.4) is 0 Å². The molecule has 0 radical (unpaired) electrons. The molecule has 6 amide bonds. The zero-order chi connectivity index (χ0) is 36.1. The molecule has 0 aliphatic carbocycles. The van der Waals surface area contributed by atoms with Crippen molar-refractivity contribution in [3.05, 3.63) is 105 Å². The number of carbonyl (C=O) groups is 5. The second-order valence-electron chi connectivity index (χ2n) is 13.1. The molecule has 1 unspecified atom stereocenters. The largest absolute Gasteiger partial charge is 0.508 e. The van der Waals surface area contributed by atoms with Crippen molar-refractivity contribution < 1.29 is 33.5 Å². The average molecular weight is 725 g/mol. The first-order valence-electron chi connectivity index (χ1n) is 16.8. The lowest BCUT2D eigenvalue weighted by molar-refractivity contribution is -0.123. The minimum Gasteiger partial charge on any atom is -0.508 e. The highest BCUT2D eigenvalue weighted by molar-refractivity contribution is 7.13. The van der Waals surface area contributed by atoms with Crippen LogP contribution in [-0.2, 0) is 29.2 Å². The zero-order valence-electron chi connectivity index (χ0n) is 27.8. The topological polar surface area (TPSA) is 159 Å². The molecule has 8 rings (SSSR count). The fourth-order valence-corrected chi connectivity index (χ4v) is 7.76. The summed E-state index contributed by atoms with van der Waals surface area (Å²) < 4.78 is 14.4. The van der Waals surface area contributed by atoms with Gasteiger partial charge in [0.05, 0.1) is 13.1 Å². The summed E-state index contributed by atoms with van der Waals surface area (Å²) in [6, 6.07) is 12.8. The Hall–Kier alpha value is -5.87. The summed E-state index contributed by atoms with van der Waals surface area (Å²) in [6.45, 7) is 4.08. The van der Waals surface area contributed by atoms with E-state index >= 15 is 0 Å². The minimum absolute atomic E-state index is 0.0223. The second kappa shape index (κ2) is 13.4. The van der Waals surface area contributed by atoms with Gasteiger partial charge in [-0.1, -0.05) is 18.2 Å². The smallest absolute Gasteiger partial charge is 0.342 e. The van der Waals surface area contributed by atoms with E-state index in [1.54, 1.807) is 11.4 Å². The fraction of sp³-hybridized carbons (Fsp3) is 0.278. The molecule has 2 saturated heterocycles. The Morgan fingerprint density at radius 2 is 1.73 bits per heavy atom. The number of phenolic OH excluding ortho intramolecular Hbond substituents is 1. The molecule has 14 nitrogen and oxygen atoms in total. The number of hydrogen-bond donors (Lipinski definition) is 3. The number of hydrazine groups is 1. The standard InChI is InChI=1S/C36H33FN8O6S/c37-24-3-6-29(46)28(16-24)31(32(48)40-35-38-8-14-52-35)43-19-22-2-4-25(17-27(22)33(43)49)42-12-10-41(11-13-42)18-21-1-5-26-23(15-21)20-45(34(26)50)44-9-7-30(47)39-36(44)51/h1-6,8,14-17,31,46H,7,9-13,18-20H2,(H,38,40,48)(H,39,47,51). The summed E-state index contributed by atoms with van der Waals surface area (Å²) in [5, 5.41) is 20.3. The monoisotopic (exact) mass is 724 g/mol. The fourth-order valence-electron chi connectivity index (χ4n) is 7.23. The molecule has 0 spiro atoms. The molecule has 4 aliphatic rings. The first-order chi connectivity index (χ1) is 25.1. The van der Waals surface area contributed by atoms with Gasteiger partial charge in [0.15, 0.2) is 5.13 Å². The summed E-state index contributed by atoms with van der Waals surface area (Å²) in [5.41, 5.74) is 4.43. The number of halogens is 1. The second-order valence-corrected chi connectivity index (χ2v) is 13.9. The van der Waals surface area contributed by atoms with Gasteiger partial charge in [-0.25, -0.2) is 24.2 Å². The first-order valence-corrected chi connectivity index (χ1v) is 17.7. The number of benzene rings is 3. The number of hydrogen-bond acceptors (Lipinski definition) is 10. The van der Waals surface area contributed by atoms with Crippen LogP contribution in [-0.4, -0.2) is 92.3 Å². The maximum absolute atomic E-state index is 14.4. The van der Waals surface area contributed by atoms with Crippen molar-refractivity contribution in [2.24, 2.45) is 0 Å². The number of nitrogens with zero attached hydrogens (tertiary/aromatic N) is 6. The Morgan fingerprint density at radius 1 is 0.904 bits per heavy atom. The number of phenols is 1. The van der Waals surface area contributed by atoms with Crippen molar-refractivity contribution in [1.29, 1.82) is 0 Å². The van der Waals surface area contributed by atoms with Crippen molar-refractivity contribution >= 4 is 51.8 Å². The minimum atomic E-state index is -1.30. The Bertz CT molecular complexity index is 2120. The number of carbonyl (C=O) groups excluding carboxylic acids is 5. The number of piperazine rings is 1. The third kappa shape index (κ3) is 6.19. The summed E-state index contributed by atoms with van der Waals surface area (Å²) in [7, 11) is 0. The summed E-state index contributed by atoms with van der Waals surface area (Å²) in [4.78, 5) is 74.4. The Labute approximate surface area is 301 Å². The van der Waals surface area contributed by atoms with Gasteiger partial charge in [0.2, 0.25) is 5.91 Å². The van der Waals surface area contributed by atoms with Gasteiger partial charge in [-0.15, -0.1) is 11.3 Å². The van der Waals surface area contributed by atoms with E-state index in [0.717, 1.165) is 47.6 Å². The Balaban J connectivity index is 0.925. The number of fused-ring (bicyclic) bond motifs is 2. The average Bonchev–Trinajstić information content (AvgIpc) is 3.84. The molecule has 3 aromatic carbocycles. The molecule has 0 bridgehead atoms. The molecule has 2 fully saturated rings. The van der Waals surface area contributed by atoms with E-state index in [2.05, 4.69) is 25.4 Å². The number of imide groups is 1. The molecule has 1 aromatic heterocycles. The number of nitrogens with one attached hydrogen (secondary N) is 2. The molecule has 4 aromatic rings. The molecular weight excluding hydrogens is 692 g/mol. The summed E-state index contributed by atoms with van der Waals surface area (Å²) in [6.07, 6.45) is 1.67. The van der Waals surface area contributed by atoms with Crippen molar-refractivity contribution in [2.75, 3.05) is 42.9 Å². The molecule has 1 atom stereocenters. The maximum Gasteiger partial charge on any atom is 0.342 e. The van der Waals surface area contributed by atoms with Crippen LogP contribution < -0.4 is 15.5 Å². The highest BCUT2D eigenvalue weighted by Gasteiger charge is 2.40. The highest BCUT2D eigenvalue weighted by atomic mass is 32.1. The first kappa shape index (κ1) is 33.3. The van der Waals surface area contributed by atoms with Crippen molar-refractivity contribution in [2.45, 2.75) is 32.1 Å². The molecule has 266 valence electrons. The van der Waals surface area contributed by atoms with E-state index in [0.29, 0.717) is 35.9 Å². The van der Waals surface area contributed by atoms with Gasteiger partial charge in [0.1, 0.15) is 17.6 Å². The predicted molar refractivity (Wildman–Crippen MR) is 187 cm³/mol. The SMILES string of the molecule is O=C1CCN(N2Cc3cc(CN4CCN(c5ccc6c(c5)C(=O)N(C(C(=O)Nc5nccs5)c5cc(F)ccc5O)C6)CC4)ccc3C2=O)C(=O)N1. The number of amides is 6. The van der Waals surface area contributed by atoms with Gasteiger partial charge in [-0.3, -0.25) is 34.7 Å². The highest BCUT2D eigenvalue weighted by Crippen LogP contribution is 2.38. The van der Waals surface area contributed by atoms with Crippen LogP contribution in [0.25, 0.3) is 0 Å². The van der Waals surface area contributed by atoms with E-state index in [4.69, 9.17) is 0 Å². The number of rotatable bonds is 8. The quantitative estimate of drug-likeness (QED) is 0.248. The lowest BCUT2D eigenvalue weighted by atomic mass is 10.0. The lowest BCUT2D eigenvalue weighted by Gasteiger charge is -2.36. The molecule has 52 heavy (non-hydrogen) atoms. The van der Waals surface area contributed by atoms with Crippen molar-refractivity contribution in [3.63, 3.8) is 0 Å². The van der Waals surface area contributed by atoms with Crippen LogP contribution in [0.15, 0.2) is 66.2 Å². The lowest BCUT2D eigenvalue weighted by Crippen LogP contribution is -2.56. The molecule has 0 saturated carbocycles. The summed E-state index contributed by atoms with van der Waals surface area (Å²) >= 11 is 1.20. The van der Waals surface area contributed by atoms with Crippen LogP contribution in [0.5, 0.6) is 5.75 Å². The van der Waals surface area contributed by atoms with Crippen LogP contribution in [0.4, 0.5) is 20.0 Å². The van der Waals surface area contributed by atoms with E-state index in [1.165, 1.54) is 38.5 Å². The van der Waals surface area contributed by atoms with Gasteiger partial charge in [-0.05, 0) is 53.1 Å². The van der Waals surface area contributed by atoms with Gasteiger partial charge >= 0.3 is 6.03 Å². The van der Waals surface area contributed by atoms with E-state index < -0.39 is 29.7 Å². The predicted octanol–water partition coefficient (Wildman–Crippen LogP) is 3.46. The number of aromatic nitrogens is 1. The molecule has 3 N–H and O–H groups in total. The Morgan fingerprint density at radius 3 is 2.50 bits per heavy atom. The molecule has 16 heteroatoms. The van der Waals surface area contributed by atoms with Crippen molar-refractivity contribution in [1.82, 2.24) is 30.1 Å². The van der Waals surface area contributed by atoms with Gasteiger partial charge in [0.25, 0.3) is 17.7 Å². The Kier molecular flexibility index (Phi) is 8.55. The summed E-state index contributed by atoms with van der Waals surface area (Å²) in [5.74, 6) is -2.59. The zero-order valence-corrected chi connectivity index (χ0v) is 28.6. The van der Waals surface area contributed by atoms with Crippen molar-refractivity contribution in [3.8, 4) is 5.75 Å². The van der Waals surface area contributed by atoms with E-state index in [1.807, 2.05) is 30.3 Å². The van der Waals surface area contributed by atoms with Gasteiger partial charge < -0.3 is 14.9 Å².